The molecule has 1 aromatic carbocycles. The lowest BCUT2D eigenvalue weighted by atomic mass is 9.89. The van der Waals surface area contributed by atoms with Crippen molar-refractivity contribution < 1.29 is 52.8 Å². The molecule has 1 saturated heterocycles. The number of methoxy groups -OCH3 is 2. The summed E-state index contributed by atoms with van der Waals surface area (Å²) in [7, 11) is 6.34. The Morgan fingerprint density at radius 2 is 1.42 bits per heavy atom. The molecule has 5 N–H and O–H groups in total. The summed E-state index contributed by atoms with van der Waals surface area (Å²) in [5.74, 6) is -2.85. The molecule has 1 aliphatic rings. The van der Waals surface area contributed by atoms with E-state index in [1.54, 1.807) is 49.9 Å². The molecule has 17 heteroatoms. The number of carbonyl (C=O) groups excluding carboxylic acids is 5. The van der Waals surface area contributed by atoms with E-state index < -0.39 is 54.3 Å². The number of aliphatic hydroxyl groups is 1. The summed E-state index contributed by atoms with van der Waals surface area (Å²) < 4.78 is 28.3. The topological polar surface area (TPSA) is 212 Å². The zero-order valence-corrected chi connectivity index (χ0v) is 41.5. The summed E-state index contributed by atoms with van der Waals surface area (Å²) in [4.78, 5) is 74.5. The third-order valence-corrected chi connectivity index (χ3v) is 12.7. The third kappa shape index (κ3) is 17.5. The van der Waals surface area contributed by atoms with Crippen LogP contribution >= 0.6 is 0 Å². The molecule has 2 unspecified atom stereocenters. The summed E-state index contributed by atoms with van der Waals surface area (Å²) in [6, 6.07) is 5.86. The molecule has 0 aromatic heterocycles. The predicted molar refractivity (Wildman–Crippen MR) is 249 cm³/mol. The van der Waals surface area contributed by atoms with Crippen LogP contribution < -0.4 is 16.4 Å². The molecule has 372 valence electrons. The van der Waals surface area contributed by atoms with Gasteiger partial charge in [-0.15, -0.1) is 0 Å². The van der Waals surface area contributed by atoms with Gasteiger partial charge in [0.15, 0.2) is 0 Å². The average molecular weight is 921 g/mol. The molecule has 0 spiro atoms. The van der Waals surface area contributed by atoms with Crippen LogP contribution in [-0.2, 0) is 47.7 Å². The predicted octanol–water partition coefficient (Wildman–Crippen LogP) is 3.17. The van der Waals surface area contributed by atoms with Crippen LogP contribution in [0.5, 0.6) is 0 Å². The fourth-order valence-electron chi connectivity index (χ4n) is 8.69. The van der Waals surface area contributed by atoms with E-state index in [4.69, 9.17) is 29.4 Å². The number of hydrogen-bond donors (Lipinski definition) is 4. The lowest BCUT2D eigenvalue weighted by Gasteiger charge is -2.41. The van der Waals surface area contributed by atoms with Gasteiger partial charge in [-0.25, -0.2) is 0 Å². The van der Waals surface area contributed by atoms with Gasteiger partial charge in [0.25, 0.3) is 0 Å². The Labute approximate surface area is 389 Å². The van der Waals surface area contributed by atoms with E-state index in [2.05, 4.69) is 10.6 Å². The number of nitrogens with zero attached hydrogens (tertiary/aromatic N) is 3. The van der Waals surface area contributed by atoms with Crippen molar-refractivity contribution in [1.82, 2.24) is 25.3 Å². The number of nitrogens with two attached hydrogens (primary N) is 1. The highest BCUT2D eigenvalue weighted by atomic mass is 16.5. The number of rotatable bonds is 31. The number of hydrogen-bond acceptors (Lipinski definition) is 12. The molecule has 1 aliphatic heterocycles. The van der Waals surface area contributed by atoms with Gasteiger partial charge < -0.3 is 59.9 Å². The van der Waals surface area contributed by atoms with Crippen molar-refractivity contribution >= 4 is 29.5 Å². The van der Waals surface area contributed by atoms with Crippen molar-refractivity contribution in [3.05, 3.63) is 35.9 Å². The zero-order chi connectivity index (χ0) is 48.8. The first-order valence-electron chi connectivity index (χ1n) is 23.5. The molecule has 10 atom stereocenters. The van der Waals surface area contributed by atoms with Crippen LogP contribution in [0.1, 0.15) is 99.2 Å². The van der Waals surface area contributed by atoms with E-state index in [0.29, 0.717) is 64.5 Å². The van der Waals surface area contributed by atoms with Crippen LogP contribution in [0.4, 0.5) is 0 Å². The minimum Gasteiger partial charge on any atom is -0.386 e. The number of carbonyl (C=O) groups is 5. The van der Waals surface area contributed by atoms with Crippen molar-refractivity contribution in [3.63, 3.8) is 0 Å². The van der Waals surface area contributed by atoms with Gasteiger partial charge in [0.1, 0.15) is 12.1 Å². The minimum absolute atomic E-state index is 0.0289. The molecule has 0 saturated carbocycles. The number of nitrogens with one attached hydrogen (secondary N) is 2. The van der Waals surface area contributed by atoms with Crippen LogP contribution in [0, 0.1) is 23.7 Å². The Kier molecular flexibility index (Phi) is 26.4. The Bertz CT molecular complexity index is 1570. The number of likely N-dealkylation sites (N-methyl/N-ethyl adjacent to an activating group) is 2. The summed E-state index contributed by atoms with van der Waals surface area (Å²) in [6.45, 7) is 18.0. The molecule has 1 aromatic rings. The van der Waals surface area contributed by atoms with Gasteiger partial charge in [0.2, 0.25) is 29.5 Å². The van der Waals surface area contributed by atoms with Gasteiger partial charge in [-0.2, -0.15) is 0 Å². The monoisotopic (exact) mass is 921 g/mol. The average Bonchev–Trinajstić information content (AvgIpc) is 3.77. The highest BCUT2D eigenvalue weighted by Crippen LogP contribution is 2.30. The second-order valence-electron chi connectivity index (χ2n) is 18.0. The molecule has 1 heterocycles. The van der Waals surface area contributed by atoms with Crippen molar-refractivity contribution in [2.45, 2.75) is 136 Å². The van der Waals surface area contributed by atoms with Gasteiger partial charge >= 0.3 is 0 Å². The van der Waals surface area contributed by atoms with Gasteiger partial charge in [-0.3, -0.25) is 24.0 Å². The van der Waals surface area contributed by atoms with E-state index in [-0.39, 0.29) is 66.9 Å². The normalized spacial score (nSPS) is 18.3. The van der Waals surface area contributed by atoms with Crippen LogP contribution in [-0.4, -0.2) is 173 Å². The maximum absolute atomic E-state index is 14.5. The summed E-state index contributed by atoms with van der Waals surface area (Å²) >= 11 is 0. The number of aliphatic hydroxyl groups excluding tert-OH is 1. The largest absolute Gasteiger partial charge is 0.386 e. The van der Waals surface area contributed by atoms with Gasteiger partial charge in [0.05, 0.1) is 94.8 Å². The SMILES string of the molecule is CC[C@H](C)[C@@H]([C@@H](CC(=O)N1CCC[C@H]1[C@H](OC)C(C)C(=O)N[C@H](C)[C@@H](O)c1ccccc1)OC)N(C)C(=O)[C@@H](NC(=O)C(C(C)C)N(C)C(=O)CCOCCOCCOCCN)C(C)C. The van der Waals surface area contributed by atoms with Crippen LogP contribution in [0.15, 0.2) is 30.3 Å². The fraction of sp³-hybridized carbons (Fsp3) is 0.771. The zero-order valence-electron chi connectivity index (χ0n) is 41.5. The quantitative estimate of drug-likeness (QED) is 0.0792. The highest BCUT2D eigenvalue weighted by Gasteiger charge is 2.43. The highest BCUT2D eigenvalue weighted by molar-refractivity contribution is 5.92. The number of likely N-dealkylation sites (tertiary alicyclic amines) is 1. The first kappa shape index (κ1) is 57.4. The van der Waals surface area contributed by atoms with E-state index in [1.165, 1.54) is 19.1 Å². The third-order valence-electron chi connectivity index (χ3n) is 12.7. The molecule has 65 heavy (non-hydrogen) atoms. The van der Waals surface area contributed by atoms with E-state index in [1.807, 2.05) is 59.7 Å². The number of ether oxygens (including phenoxy) is 5. The van der Waals surface area contributed by atoms with Crippen molar-refractivity contribution in [2.75, 3.05) is 81.0 Å². The fourth-order valence-corrected chi connectivity index (χ4v) is 8.69. The van der Waals surface area contributed by atoms with Gasteiger partial charge in [-0.05, 0) is 43.1 Å². The van der Waals surface area contributed by atoms with Crippen LogP contribution in [0.25, 0.3) is 0 Å². The Morgan fingerprint density at radius 1 is 0.815 bits per heavy atom. The molecule has 5 amide bonds. The maximum atomic E-state index is 14.5. The minimum atomic E-state index is -0.935. The van der Waals surface area contributed by atoms with E-state index in [0.717, 1.165) is 6.42 Å². The smallest absolute Gasteiger partial charge is 0.245 e. The first-order valence-corrected chi connectivity index (χ1v) is 23.5. The van der Waals surface area contributed by atoms with Crippen LogP contribution in [0.3, 0.4) is 0 Å². The lowest BCUT2D eigenvalue weighted by molar-refractivity contribution is -0.148. The molecule has 0 radical (unpaired) electrons. The standard InChI is InChI=1S/C48H84N6O11/c1-13-33(6)43(38(61-11)30-40(56)54-23-17-20-37(54)45(62-12)34(7)46(58)50-35(8)44(57)36-18-15-14-16-19-36)53(10)48(60)41(31(2)3)51-47(59)42(32(4)5)52(9)39(55)21-24-63-26-28-65-29-27-64-25-22-49/h14-16,18-19,31-35,37-38,41-45,57H,13,17,20-30,49H2,1-12H3,(H,50,58)(H,51,59)/t33-,34?,35+,37-,38+,41-,42?,43-,44+,45+/m0/s1. The first-order chi connectivity index (χ1) is 30.9. The Hall–Kier alpha value is -3.71. The van der Waals surface area contributed by atoms with Crippen molar-refractivity contribution in [1.29, 1.82) is 0 Å². The lowest BCUT2D eigenvalue weighted by Crippen LogP contribution is -2.60. The number of amides is 5. The maximum Gasteiger partial charge on any atom is 0.245 e. The Morgan fingerprint density at radius 3 is 1.95 bits per heavy atom. The summed E-state index contributed by atoms with van der Waals surface area (Å²) in [5.41, 5.74) is 6.10. The second kappa shape index (κ2) is 29.8. The summed E-state index contributed by atoms with van der Waals surface area (Å²) in [5, 5.41) is 16.8. The molecule has 0 aliphatic carbocycles. The molecule has 1 fully saturated rings. The molecular formula is C48H84N6O11. The van der Waals surface area contributed by atoms with Gasteiger partial charge in [-0.1, -0.05) is 85.2 Å². The van der Waals surface area contributed by atoms with E-state index >= 15 is 0 Å². The molecule has 2 rings (SSSR count). The molecule has 0 bridgehead atoms. The number of benzene rings is 1. The van der Waals surface area contributed by atoms with Gasteiger partial charge in [0, 0.05) is 41.4 Å². The van der Waals surface area contributed by atoms with Crippen molar-refractivity contribution in [3.8, 4) is 0 Å². The van der Waals surface area contributed by atoms with Crippen molar-refractivity contribution in [2.24, 2.45) is 29.4 Å². The van der Waals surface area contributed by atoms with E-state index in [9.17, 15) is 29.1 Å². The molecule has 17 nitrogen and oxygen atoms in total. The van der Waals surface area contributed by atoms with Crippen LogP contribution in [0.2, 0.25) is 0 Å². The Balaban J connectivity index is 2.16. The molecular weight excluding hydrogens is 837 g/mol. The summed E-state index contributed by atoms with van der Waals surface area (Å²) in [6.07, 6.45) is -0.140. The second-order valence-corrected chi connectivity index (χ2v) is 18.0.